The first kappa shape index (κ1) is 9.05. The number of hydrogen-bond acceptors (Lipinski definition) is 5. The third-order valence-corrected chi connectivity index (χ3v) is 3.05. The zero-order valence-electron chi connectivity index (χ0n) is 7.62. The van der Waals surface area contributed by atoms with Crippen molar-refractivity contribution < 1.29 is 4.74 Å². The van der Waals surface area contributed by atoms with E-state index in [-0.39, 0.29) is 0 Å². The minimum absolute atomic E-state index is 0.515. The molecular weight excluding hydrogens is 186 g/mol. The van der Waals surface area contributed by atoms with Gasteiger partial charge in [0.1, 0.15) is 0 Å². The molecule has 0 aromatic carbocycles. The van der Waals surface area contributed by atoms with E-state index in [4.69, 9.17) is 4.74 Å². The highest BCUT2D eigenvalue weighted by atomic mass is 32.1. The Kier molecular flexibility index (Phi) is 2.87. The van der Waals surface area contributed by atoms with E-state index >= 15 is 0 Å². The molecule has 0 bridgehead atoms. The van der Waals surface area contributed by atoms with E-state index in [1.807, 2.05) is 6.92 Å². The molecule has 0 aliphatic carbocycles. The number of nitrogens with one attached hydrogen (secondary N) is 1. The van der Waals surface area contributed by atoms with E-state index in [0.717, 1.165) is 31.9 Å². The Morgan fingerprint density at radius 1 is 1.69 bits per heavy atom. The average molecular weight is 199 g/mol. The summed E-state index contributed by atoms with van der Waals surface area (Å²) in [6.07, 6.45) is 1.12. The first-order chi connectivity index (χ1) is 6.36. The van der Waals surface area contributed by atoms with Crippen LogP contribution in [0.15, 0.2) is 0 Å². The lowest BCUT2D eigenvalue weighted by molar-refractivity contribution is 0.190. The lowest BCUT2D eigenvalue weighted by Crippen LogP contribution is -2.28. The van der Waals surface area contributed by atoms with E-state index in [1.54, 1.807) is 0 Å². The minimum Gasteiger partial charge on any atom is -0.380 e. The number of aryl methyl sites for hydroxylation is 1. The van der Waals surface area contributed by atoms with Crippen LogP contribution in [0.3, 0.4) is 0 Å². The van der Waals surface area contributed by atoms with Crippen LogP contribution in [0.25, 0.3) is 0 Å². The smallest absolute Gasteiger partial charge is 0.0769 e. The van der Waals surface area contributed by atoms with E-state index in [1.165, 1.54) is 16.4 Å². The SMILES string of the molecule is Cc1nnsc1CNC1CCOC1. The molecular formula is C8H13N3OS. The molecule has 1 saturated heterocycles. The second-order valence-electron chi connectivity index (χ2n) is 3.22. The first-order valence-corrected chi connectivity index (χ1v) is 5.22. The topological polar surface area (TPSA) is 47.0 Å². The largest absolute Gasteiger partial charge is 0.380 e. The van der Waals surface area contributed by atoms with Gasteiger partial charge < -0.3 is 10.1 Å². The van der Waals surface area contributed by atoms with E-state index in [2.05, 4.69) is 14.9 Å². The molecule has 1 fully saturated rings. The first-order valence-electron chi connectivity index (χ1n) is 4.45. The normalized spacial score (nSPS) is 22.4. The number of nitrogens with zero attached hydrogens (tertiary/aromatic N) is 2. The summed E-state index contributed by atoms with van der Waals surface area (Å²) < 4.78 is 9.15. The molecule has 5 heteroatoms. The molecule has 1 aliphatic rings. The van der Waals surface area contributed by atoms with E-state index in [0.29, 0.717) is 6.04 Å². The zero-order chi connectivity index (χ0) is 9.10. The monoisotopic (exact) mass is 199 g/mol. The maximum atomic E-state index is 5.27. The maximum Gasteiger partial charge on any atom is 0.0769 e. The summed E-state index contributed by atoms with van der Waals surface area (Å²) in [6.45, 7) is 4.59. The van der Waals surface area contributed by atoms with Crippen molar-refractivity contribution in [3.63, 3.8) is 0 Å². The van der Waals surface area contributed by atoms with Gasteiger partial charge in [0.25, 0.3) is 0 Å². The predicted molar refractivity (Wildman–Crippen MR) is 50.7 cm³/mol. The van der Waals surface area contributed by atoms with Gasteiger partial charge >= 0.3 is 0 Å². The summed E-state index contributed by atoms with van der Waals surface area (Å²) in [5, 5.41) is 7.39. The fourth-order valence-electron chi connectivity index (χ4n) is 1.35. The molecule has 2 heterocycles. The van der Waals surface area contributed by atoms with Crippen molar-refractivity contribution in [3.05, 3.63) is 10.6 Å². The molecule has 0 saturated carbocycles. The van der Waals surface area contributed by atoms with Crippen LogP contribution in [0.5, 0.6) is 0 Å². The number of ether oxygens (including phenoxy) is 1. The van der Waals surface area contributed by atoms with Gasteiger partial charge in [-0.3, -0.25) is 0 Å². The van der Waals surface area contributed by atoms with Crippen LogP contribution < -0.4 is 5.32 Å². The summed E-state index contributed by atoms with van der Waals surface area (Å²) in [4.78, 5) is 1.23. The standard InChI is InChI=1S/C8H13N3OS/c1-6-8(13-11-10-6)4-9-7-2-3-12-5-7/h7,9H,2-5H2,1H3. The van der Waals surface area contributed by atoms with Crippen molar-refractivity contribution in [3.8, 4) is 0 Å². The lowest BCUT2D eigenvalue weighted by atomic mass is 10.2. The number of rotatable bonds is 3. The molecule has 0 radical (unpaired) electrons. The van der Waals surface area contributed by atoms with Gasteiger partial charge in [0, 0.05) is 19.2 Å². The summed E-state index contributed by atoms with van der Waals surface area (Å²) in [7, 11) is 0. The fraction of sp³-hybridized carbons (Fsp3) is 0.750. The van der Waals surface area contributed by atoms with Gasteiger partial charge in [0.2, 0.25) is 0 Å². The Bertz CT molecular complexity index is 270. The van der Waals surface area contributed by atoms with Crippen LogP contribution >= 0.6 is 11.5 Å². The minimum atomic E-state index is 0.515. The molecule has 1 unspecified atom stereocenters. The van der Waals surface area contributed by atoms with Crippen molar-refractivity contribution in [2.24, 2.45) is 0 Å². The Morgan fingerprint density at radius 2 is 2.62 bits per heavy atom. The molecule has 1 aliphatic heterocycles. The molecule has 1 N–H and O–H groups in total. The summed E-state index contributed by atoms with van der Waals surface area (Å²) in [5.74, 6) is 0. The van der Waals surface area contributed by atoms with Gasteiger partial charge in [-0.25, -0.2) is 0 Å². The van der Waals surface area contributed by atoms with Crippen molar-refractivity contribution in [2.75, 3.05) is 13.2 Å². The second kappa shape index (κ2) is 4.13. The Morgan fingerprint density at radius 3 is 3.23 bits per heavy atom. The highest BCUT2D eigenvalue weighted by Gasteiger charge is 2.15. The highest BCUT2D eigenvalue weighted by Crippen LogP contribution is 2.10. The maximum absolute atomic E-state index is 5.27. The molecule has 1 atom stereocenters. The van der Waals surface area contributed by atoms with Gasteiger partial charge in [-0.15, -0.1) is 5.10 Å². The number of aromatic nitrogens is 2. The van der Waals surface area contributed by atoms with Crippen LogP contribution in [0.1, 0.15) is 17.0 Å². The van der Waals surface area contributed by atoms with Crippen LogP contribution in [-0.2, 0) is 11.3 Å². The number of hydrogen-bond donors (Lipinski definition) is 1. The fourth-order valence-corrected chi connectivity index (χ4v) is 1.93. The van der Waals surface area contributed by atoms with Crippen LogP contribution in [0.4, 0.5) is 0 Å². The molecule has 72 valence electrons. The highest BCUT2D eigenvalue weighted by molar-refractivity contribution is 7.05. The molecule has 1 aromatic rings. The second-order valence-corrected chi connectivity index (χ2v) is 4.06. The van der Waals surface area contributed by atoms with Crippen molar-refractivity contribution in [2.45, 2.75) is 25.9 Å². The average Bonchev–Trinajstić information content (AvgIpc) is 2.72. The quantitative estimate of drug-likeness (QED) is 0.779. The Hall–Kier alpha value is -0.520. The van der Waals surface area contributed by atoms with Crippen LogP contribution in [0, 0.1) is 6.92 Å². The van der Waals surface area contributed by atoms with Crippen LogP contribution in [0.2, 0.25) is 0 Å². The third kappa shape index (κ3) is 2.24. The van der Waals surface area contributed by atoms with E-state index in [9.17, 15) is 0 Å². The lowest BCUT2D eigenvalue weighted by Gasteiger charge is -2.08. The molecule has 0 spiro atoms. The van der Waals surface area contributed by atoms with Crippen molar-refractivity contribution in [1.29, 1.82) is 0 Å². The van der Waals surface area contributed by atoms with Gasteiger partial charge in [-0.1, -0.05) is 4.49 Å². The molecule has 4 nitrogen and oxygen atoms in total. The van der Waals surface area contributed by atoms with Crippen molar-refractivity contribution >= 4 is 11.5 Å². The Balaban J connectivity index is 1.82. The predicted octanol–water partition coefficient (Wildman–Crippen LogP) is 0.725. The summed E-state index contributed by atoms with van der Waals surface area (Å²) >= 11 is 1.47. The Labute approximate surface area is 81.5 Å². The van der Waals surface area contributed by atoms with Gasteiger partial charge in [0.15, 0.2) is 0 Å². The van der Waals surface area contributed by atoms with Crippen molar-refractivity contribution in [1.82, 2.24) is 14.9 Å². The zero-order valence-corrected chi connectivity index (χ0v) is 8.43. The van der Waals surface area contributed by atoms with Gasteiger partial charge in [-0.05, 0) is 24.9 Å². The van der Waals surface area contributed by atoms with Gasteiger partial charge in [-0.2, -0.15) is 0 Å². The summed E-state index contributed by atoms with van der Waals surface area (Å²) in [6, 6.07) is 0.515. The molecule has 1 aromatic heterocycles. The van der Waals surface area contributed by atoms with E-state index < -0.39 is 0 Å². The molecule has 0 amide bonds. The molecule has 13 heavy (non-hydrogen) atoms. The van der Waals surface area contributed by atoms with Gasteiger partial charge in [0.05, 0.1) is 17.2 Å². The van der Waals surface area contributed by atoms with Crippen LogP contribution in [-0.4, -0.2) is 28.8 Å². The summed E-state index contributed by atoms with van der Waals surface area (Å²) in [5.41, 5.74) is 1.04. The molecule has 2 rings (SSSR count). The third-order valence-electron chi connectivity index (χ3n) is 2.23.